The molecule has 0 atom stereocenters. The fourth-order valence-electron chi connectivity index (χ4n) is 1.80. The Morgan fingerprint density at radius 2 is 1.90 bits per heavy atom. The first-order chi connectivity index (χ1) is 10.1. The topological polar surface area (TPSA) is 75.9 Å². The molecular weight excluding hydrogens is 364 g/mol. The van der Waals surface area contributed by atoms with Gasteiger partial charge in [0.25, 0.3) is 0 Å². The van der Waals surface area contributed by atoms with E-state index >= 15 is 0 Å². The minimum Gasteiger partial charge on any atom is -0.335 e. The molecule has 0 amide bonds. The van der Waals surface area contributed by atoms with E-state index in [-0.39, 0.29) is 17.5 Å². The van der Waals surface area contributed by atoms with Gasteiger partial charge in [0.1, 0.15) is 16.3 Å². The number of fused-ring (bicyclic) bond motifs is 1. The van der Waals surface area contributed by atoms with Crippen molar-refractivity contribution in [2.75, 3.05) is 10.7 Å². The van der Waals surface area contributed by atoms with Crippen molar-refractivity contribution in [3.05, 3.63) is 39.7 Å². The lowest BCUT2D eigenvalue weighted by Crippen LogP contribution is -2.11. The fraction of sp³-hybridized carbons (Fsp3) is 0. The van der Waals surface area contributed by atoms with Gasteiger partial charge in [-0.05, 0) is 23.6 Å². The van der Waals surface area contributed by atoms with Gasteiger partial charge in [0.15, 0.2) is 11.6 Å². The summed E-state index contributed by atoms with van der Waals surface area (Å²) in [7, 11) is 0. The summed E-state index contributed by atoms with van der Waals surface area (Å²) >= 11 is 4.40. The molecule has 21 heavy (non-hydrogen) atoms. The Labute approximate surface area is 130 Å². The van der Waals surface area contributed by atoms with Crippen LogP contribution in [0.25, 0.3) is 10.2 Å². The molecule has 0 saturated heterocycles. The van der Waals surface area contributed by atoms with Gasteiger partial charge in [-0.1, -0.05) is 15.9 Å². The summed E-state index contributed by atoms with van der Waals surface area (Å²) < 4.78 is 28.1. The van der Waals surface area contributed by atoms with Crippen LogP contribution in [0.4, 0.5) is 26.2 Å². The predicted octanol–water partition coefficient (Wildman–Crippen LogP) is 3.76. The minimum absolute atomic E-state index is 0.158. The molecule has 3 rings (SSSR count). The van der Waals surface area contributed by atoms with Crippen molar-refractivity contribution in [3.63, 3.8) is 0 Å². The molecular formula is C12H8BrF2N5S. The van der Waals surface area contributed by atoms with Gasteiger partial charge in [-0.2, -0.15) is 4.98 Å². The highest BCUT2D eigenvalue weighted by Gasteiger charge is 2.15. The van der Waals surface area contributed by atoms with E-state index in [0.29, 0.717) is 14.7 Å². The number of benzene rings is 1. The normalized spacial score (nSPS) is 10.9. The van der Waals surface area contributed by atoms with Gasteiger partial charge < -0.3 is 5.32 Å². The average molecular weight is 372 g/mol. The molecule has 0 aliphatic heterocycles. The summed E-state index contributed by atoms with van der Waals surface area (Å²) in [5, 5.41) is 5.12. The van der Waals surface area contributed by atoms with Crippen molar-refractivity contribution in [2.45, 2.75) is 0 Å². The highest BCUT2D eigenvalue weighted by atomic mass is 79.9. The molecule has 2 heterocycles. The summed E-state index contributed by atoms with van der Waals surface area (Å²) in [6.45, 7) is 0. The summed E-state index contributed by atoms with van der Waals surface area (Å²) in [6, 6.07) is 4.09. The number of rotatable bonds is 3. The molecule has 0 unspecified atom stereocenters. The molecule has 0 saturated carbocycles. The zero-order chi connectivity index (χ0) is 15.0. The quantitative estimate of drug-likeness (QED) is 0.482. The zero-order valence-corrected chi connectivity index (χ0v) is 12.7. The second-order valence-electron chi connectivity index (χ2n) is 4.05. The van der Waals surface area contributed by atoms with E-state index in [9.17, 15) is 8.78 Å². The van der Waals surface area contributed by atoms with Gasteiger partial charge in [-0.15, -0.1) is 11.3 Å². The Kier molecular flexibility index (Phi) is 3.70. The van der Waals surface area contributed by atoms with Crippen LogP contribution in [0, 0.1) is 11.6 Å². The van der Waals surface area contributed by atoms with Gasteiger partial charge in [0.2, 0.25) is 5.95 Å². The lowest BCUT2D eigenvalue weighted by molar-refractivity contribution is 0.589. The summed E-state index contributed by atoms with van der Waals surface area (Å²) in [5.41, 5.74) is 2.04. The van der Waals surface area contributed by atoms with Crippen LogP contribution in [0.5, 0.6) is 0 Å². The predicted molar refractivity (Wildman–Crippen MR) is 82.6 cm³/mol. The fourth-order valence-corrected chi connectivity index (χ4v) is 2.96. The van der Waals surface area contributed by atoms with Gasteiger partial charge >= 0.3 is 0 Å². The number of nitrogens with two attached hydrogens (primary N) is 1. The average Bonchev–Trinajstić information content (AvgIpc) is 2.90. The molecule has 108 valence electrons. The van der Waals surface area contributed by atoms with Crippen LogP contribution in [0.15, 0.2) is 28.1 Å². The molecule has 0 radical (unpaired) electrons. The second kappa shape index (κ2) is 5.51. The van der Waals surface area contributed by atoms with Crippen molar-refractivity contribution in [3.8, 4) is 0 Å². The van der Waals surface area contributed by atoms with Gasteiger partial charge in [-0.25, -0.2) is 19.6 Å². The van der Waals surface area contributed by atoms with Gasteiger partial charge in [0, 0.05) is 4.47 Å². The third kappa shape index (κ3) is 2.67. The number of thiophene rings is 1. The van der Waals surface area contributed by atoms with E-state index in [1.807, 2.05) is 0 Å². The van der Waals surface area contributed by atoms with Crippen molar-refractivity contribution in [1.29, 1.82) is 0 Å². The molecule has 0 aliphatic carbocycles. The number of nitrogens with one attached hydrogen (secondary N) is 2. The third-order valence-corrected chi connectivity index (χ3v) is 3.97. The summed E-state index contributed by atoms with van der Waals surface area (Å²) in [4.78, 5) is 8.90. The first-order valence-corrected chi connectivity index (χ1v) is 7.39. The number of halogens is 3. The Morgan fingerprint density at radius 1 is 1.19 bits per heavy atom. The molecule has 2 aromatic heterocycles. The minimum atomic E-state index is -0.730. The summed E-state index contributed by atoms with van der Waals surface area (Å²) in [6.07, 6.45) is 0. The van der Waals surface area contributed by atoms with E-state index in [0.717, 1.165) is 0 Å². The number of hydrogen-bond donors (Lipinski definition) is 3. The van der Waals surface area contributed by atoms with Crippen LogP contribution in [0.3, 0.4) is 0 Å². The van der Waals surface area contributed by atoms with Crippen LogP contribution < -0.4 is 16.6 Å². The van der Waals surface area contributed by atoms with Crippen molar-refractivity contribution in [2.24, 2.45) is 5.84 Å². The monoisotopic (exact) mass is 371 g/mol. The molecule has 0 bridgehead atoms. The first kappa shape index (κ1) is 14.1. The van der Waals surface area contributed by atoms with Crippen molar-refractivity contribution < 1.29 is 8.78 Å². The van der Waals surface area contributed by atoms with E-state index in [1.54, 1.807) is 11.4 Å². The Bertz CT molecular complexity index is 800. The van der Waals surface area contributed by atoms with Crippen molar-refractivity contribution in [1.82, 2.24) is 9.97 Å². The van der Waals surface area contributed by atoms with Crippen LogP contribution in [-0.4, -0.2) is 9.97 Å². The largest absolute Gasteiger partial charge is 0.335 e. The third-order valence-electron chi connectivity index (χ3n) is 2.70. The zero-order valence-electron chi connectivity index (χ0n) is 10.3. The molecule has 1 aromatic carbocycles. The highest BCUT2D eigenvalue weighted by molar-refractivity contribution is 9.10. The SMILES string of the molecule is NNc1nc(Nc2c(F)cc(Br)cc2F)c2ccsc2n1. The van der Waals surface area contributed by atoms with Crippen LogP contribution in [0.2, 0.25) is 0 Å². The van der Waals surface area contributed by atoms with E-state index in [2.05, 4.69) is 36.6 Å². The smallest absolute Gasteiger partial charge is 0.240 e. The lowest BCUT2D eigenvalue weighted by Gasteiger charge is -2.10. The number of hydrazine groups is 1. The van der Waals surface area contributed by atoms with Crippen LogP contribution in [0.1, 0.15) is 0 Å². The van der Waals surface area contributed by atoms with Gasteiger partial charge in [-0.3, -0.25) is 5.43 Å². The van der Waals surface area contributed by atoms with Crippen LogP contribution >= 0.6 is 27.3 Å². The molecule has 9 heteroatoms. The van der Waals surface area contributed by atoms with E-state index in [4.69, 9.17) is 5.84 Å². The highest BCUT2D eigenvalue weighted by Crippen LogP contribution is 2.31. The van der Waals surface area contributed by atoms with Gasteiger partial charge in [0.05, 0.1) is 5.39 Å². The number of hydrogen-bond acceptors (Lipinski definition) is 6. The van der Waals surface area contributed by atoms with E-state index in [1.165, 1.54) is 23.5 Å². The Balaban J connectivity index is 2.11. The number of nitrogens with zero attached hydrogens (tertiary/aromatic N) is 2. The maximum absolute atomic E-state index is 13.9. The van der Waals surface area contributed by atoms with Crippen molar-refractivity contribution >= 4 is 54.9 Å². The molecule has 4 N–H and O–H groups in total. The molecule has 5 nitrogen and oxygen atoms in total. The Morgan fingerprint density at radius 3 is 2.57 bits per heavy atom. The molecule has 3 aromatic rings. The molecule has 0 spiro atoms. The molecule has 0 aliphatic rings. The first-order valence-electron chi connectivity index (χ1n) is 5.72. The maximum Gasteiger partial charge on any atom is 0.240 e. The van der Waals surface area contributed by atoms with Crippen LogP contribution in [-0.2, 0) is 0 Å². The number of aromatic nitrogens is 2. The standard InChI is InChI=1S/C12H8BrF2N5S/c13-5-3-7(14)9(8(15)4-5)17-10-6-1-2-21-11(6)19-12(18-10)20-16/h1-4H,16H2,(H2,17,18,19,20). The lowest BCUT2D eigenvalue weighted by atomic mass is 10.2. The van der Waals surface area contributed by atoms with E-state index < -0.39 is 11.6 Å². The maximum atomic E-state index is 13.9. The second-order valence-corrected chi connectivity index (χ2v) is 5.86. The summed E-state index contributed by atoms with van der Waals surface area (Å²) in [5.74, 6) is 4.27. The molecule has 0 fully saturated rings. The number of anilines is 3. The Hall–Kier alpha value is -1.84. The number of nitrogen functional groups attached to an aromatic ring is 1.